The molecule has 1 aliphatic heterocycles. The van der Waals surface area contributed by atoms with Crippen molar-refractivity contribution in [2.75, 3.05) is 27.3 Å². The number of fused-ring (bicyclic) bond motifs is 2. The first-order valence-corrected chi connectivity index (χ1v) is 11.6. The number of benzene rings is 1. The SMILES string of the molecule is COCc1nc(OC)c2c(C)c(C(=O)NCC(C)(C)N3CCc4ccccc4C3)sc2n1. The number of aromatic nitrogens is 2. The molecule has 0 fully saturated rings. The van der Waals surface area contributed by atoms with E-state index in [4.69, 9.17) is 9.47 Å². The lowest BCUT2D eigenvalue weighted by atomic mass is 9.94. The summed E-state index contributed by atoms with van der Waals surface area (Å²) < 4.78 is 10.6. The van der Waals surface area contributed by atoms with Gasteiger partial charge >= 0.3 is 0 Å². The second kappa shape index (κ2) is 9.13. The summed E-state index contributed by atoms with van der Waals surface area (Å²) in [4.78, 5) is 25.9. The van der Waals surface area contributed by atoms with E-state index < -0.39 is 0 Å². The lowest BCUT2D eigenvalue weighted by Crippen LogP contribution is -2.53. The van der Waals surface area contributed by atoms with E-state index in [-0.39, 0.29) is 18.1 Å². The number of nitrogens with zero attached hydrogens (tertiary/aromatic N) is 3. The van der Waals surface area contributed by atoms with Crippen LogP contribution in [0.1, 0.15) is 46.0 Å². The molecule has 8 heteroatoms. The largest absolute Gasteiger partial charge is 0.480 e. The zero-order valence-corrected chi connectivity index (χ0v) is 20.1. The van der Waals surface area contributed by atoms with Gasteiger partial charge in [-0.2, -0.15) is 4.98 Å². The van der Waals surface area contributed by atoms with Crippen molar-refractivity contribution in [3.8, 4) is 5.88 Å². The molecule has 0 aliphatic carbocycles. The number of carbonyl (C=O) groups is 1. The minimum atomic E-state index is -0.170. The predicted molar refractivity (Wildman–Crippen MR) is 126 cm³/mol. The third-order valence-electron chi connectivity index (χ3n) is 6.14. The maximum absolute atomic E-state index is 13.1. The Hall–Kier alpha value is -2.55. The number of carbonyl (C=O) groups excluding carboxylic acids is 1. The van der Waals surface area contributed by atoms with Crippen molar-refractivity contribution in [2.45, 2.75) is 45.9 Å². The number of nitrogens with one attached hydrogen (secondary N) is 1. The summed E-state index contributed by atoms with van der Waals surface area (Å²) in [5, 5.41) is 3.94. The highest BCUT2D eigenvalue weighted by Gasteiger charge is 2.31. The van der Waals surface area contributed by atoms with Gasteiger partial charge in [-0.15, -0.1) is 11.3 Å². The highest BCUT2D eigenvalue weighted by Crippen LogP contribution is 2.35. The van der Waals surface area contributed by atoms with Gasteiger partial charge in [0.1, 0.15) is 11.4 Å². The Bertz CT molecular complexity index is 1140. The molecule has 1 aromatic carbocycles. The van der Waals surface area contributed by atoms with Gasteiger partial charge < -0.3 is 14.8 Å². The van der Waals surface area contributed by atoms with Crippen LogP contribution in [0, 0.1) is 6.92 Å². The second-order valence-corrected chi connectivity index (χ2v) is 9.75. The molecule has 0 bridgehead atoms. The number of rotatable bonds is 7. The van der Waals surface area contributed by atoms with E-state index in [1.165, 1.54) is 22.5 Å². The molecule has 0 radical (unpaired) electrons. The van der Waals surface area contributed by atoms with Crippen molar-refractivity contribution < 1.29 is 14.3 Å². The van der Waals surface area contributed by atoms with E-state index in [9.17, 15) is 4.79 Å². The van der Waals surface area contributed by atoms with E-state index in [0.29, 0.717) is 23.1 Å². The molecule has 0 unspecified atom stereocenters. The molecule has 170 valence electrons. The van der Waals surface area contributed by atoms with Crippen LogP contribution in [0.25, 0.3) is 10.2 Å². The van der Waals surface area contributed by atoms with E-state index in [1.807, 2.05) is 6.92 Å². The number of thiophene rings is 1. The molecule has 32 heavy (non-hydrogen) atoms. The second-order valence-electron chi connectivity index (χ2n) is 8.75. The Morgan fingerprint density at radius 2 is 1.97 bits per heavy atom. The lowest BCUT2D eigenvalue weighted by molar-refractivity contribution is 0.0829. The molecular formula is C24H30N4O3S. The highest BCUT2D eigenvalue weighted by atomic mass is 32.1. The van der Waals surface area contributed by atoms with E-state index in [1.54, 1.807) is 14.2 Å². The molecule has 7 nitrogen and oxygen atoms in total. The summed E-state index contributed by atoms with van der Waals surface area (Å²) in [5.41, 5.74) is 3.47. The fourth-order valence-electron chi connectivity index (χ4n) is 4.20. The first kappa shape index (κ1) is 22.6. The van der Waals surface area contributed by atoms with Crippen LogP contribution in [0.15, 0.2) is 24.3 Å². The monoisotopic (exact) mass is 454 g/mol. The average Bonchev–Trinajstić information content (AvgIpc) is 3.13. The van der Waals surface area contributed by atoms with Gasteiger partial charge in [0.05, 0.1) is 17.4 Å². The molecule has 4 rings (SSSR count). The van der Waals surface area contributed by atoms with Crippen LogP contribution in [0.2, 0.25) is 0 Å². The normalized spacial score (nSPS) is 14.4. The zero-order valence-electron chi connectivity index (χ0n) is 19.3. The van der Waals surface area contributed by atoms with Crippen molar-refractivity contribution in [1.29, 1.82) is 0 Å². The molecule has 0 atom stereocenters. The fourth-order valence-corrected chi connectivity index (χ4v) is 5.31. The van der Waals surface area contributed by atoms with E-state index in [2.05, 4.69) is 58.3 Å². The van der Waals surface area contributed by atoms with Crippen LogP contribution in [0.4, 0.5) is 0 Å². The molecule has 3 aromatic rings. The summed E-state index contributed by atoms with van der Waals surface area (Å²) in [6.07, 6.45) is 1.03. The van der Waals surface area contributed by atoms with Crippen molar-refractivity contribution in [1.82, 2.24) is 20.2 Å². The van der Waals surface area contributed by atoms with Gasteiger partial charge in [0, 0.05) is 32.3 Å². The van der Waals surface area contributed by atoms with Gasteiger partial charge in [0.2, 0.25) is 5.88 Å². The quantitative estimate of drug-likeness (QED) is 0.586. The van der Waals surface area contributed by atoms with Gasteiger partial charge in [-0.05, 0) is 43.9 Å². The maximum Gasteiger partial charge on any atom is 0.261 e. The Balaban J connectivity index is 1.51. The van der Waals surface area contributed by atoms with Crippen LogP contribution in [0.3, 0.4) is 0 Å². The van der Waals surface area contributed by atoms with E-state index >= 15 is 0 Å². The van der Waals surface area contributed by atoms with Gasteiger partial charge in [-0.25, -0.2) is 4.98 Å². The minimum Gasteiger partial charge on any atom is -0.480 e. The highest BCUT2D eigenvalue weighted by molar-refractivity contribution is 7.20. The number of methoxy groups -OCH3 is 2. The van der Waals surface area contributed by atoms with Crippen LogP contribution in [0.5, 0.6) is 5.88 Å². The lowest BCUT2D eigenvalue weighted by Gasteiger charge is -2.41. The smallest absolute Gasteiger partial charge is 0.261 e. The zero-order chi connectivity index (χ0) is 22.9. The van der Waals surface area contributed by atoms with Gasteiger partial charge in [-0.1, -0.05) is 24.3 Å². The molecule has 0 saturated carbocycles. The summed E-state index contributed by atoms with van der Waals surface area (Å²) >= 11 is 1.37. The minimum absolute atomic E-state index is 0.0914. The first-order chi connectivity index (χ1) is 15.3. The van der Waals surface area contributed by atoms with Crippen LogP contribution in [-0.2, 0) is 24.3 Å². The van der Waals surface area contributed by atoms with E-state index in [0.717, 1.165) is 35.3 Å². The molecule has 0 saturated heterocycles. The molecule has 0 spiro atoms. The van der Waals surface area contributed by atoms with Crippen LogP contribution >= 0.6 is 11.3 Å². The standard InChI is InChI=1S/C24H30N4O3S/c1-15-19-22(31-5)26-18(13-30-4)27-23(19)32-20(15)21(29)25-14-24(2,3)28-11-10-16-8-6-7-9-17(16)12-28/h6-9H,10-14H2,1-5H3,(H,25,29). The molecular weight excluding hydrogens is 424 g/mol. The number of ether oxygens (including phenoxy) is 2. The predicted octanol–water partition coefficient (Wildman–Crippen LogP) is 3.72. The molecule has 2 aromatic heterocycles. The van der Waals surface area contributed by atoms with Gasteiger partial charge in [-0.3, -0.25) is 9.69 Å². The van der Waals surface area contributed by atoms with Crippen molar-refractivity contribution in [3.05, 3.63) is 51.7 Å². The molecule has 3 heterocycles. The molecule has 1 N–H and O–H groups in total. The first-order valence-electron chi connectivity index (χ1n) is 10.8. The topological polar surface area (TPSA) is 76.6 Å². The Kier molecular flexibility index (Phi) is 6.46. The van der Waals surface area contributed by atoms with Gasteiger partial charge in [0.25, 0.3) is 5.91 Å². The molecule has 1 aliphatic rings. The van der Waals surface area contributed by atoms with Crippen molar-refractivity contribution in [2.24, 2.45) is 0 Å². The average molecular weight is 455 g/mol. The van der Waals surface area contributed by atoms with Crippen LogP contribution < -0.4 is 10.1 Å². The Labute approximate surface area is 192 Å². The Morgan fingerprint density at radius 3 is 2.69 bits per heavy atom. The Morgan fingerprint density at radius 1 is 1.22 bits per heavy atom. The maximum atomic E-state index is 13.1. The summed E-state index contributed by atoms with van der Waals surface area (Å²) in [5.74, 6) is 0.921. The number of hydrogen-bond acceptors (Lipinski definition) is 7. The fraction of sp³-hybridized carbons (Fsp3) is 0.458. The van der Waals surface area contributed by atoms with Crippen LogP contribution in [-0.4, -0.2) is 53.6 Å². The van der Waals surface area contributed by atoms with Gasteiger partial charge in [0.15, 0.2) is 5.82 Å². The number of hydrogen-bond donors (Lipinski definition) is 1. The third kappa shape index (κ3) is 4.35. The summed E-state index contributed by atoms with van der Waals surface area (Å²) in [6.45, 7) is 9.02. The summed E-state index contributed by atoms with van der Waals surface area (Å²) in [6, 6.07) is 8.60. The number of amides is 1. The summed E-state index contributed by atoms with van der Waals surface area (Å²) in [7, 11) is 3.18. The van der Waals surface area contributed by atoms with Crippen molar-refractivity contribution in [3.63, 3.8) is 0 Å². The number of aryl methyl sites for hydroxylation is 1. The third-order valence-corrected chi connectivity index (χ3v) is 7.33. The molecule has 1 amide bonds. The van der Waals surface area contributed by atoms with Crippen molar-refractivity contribution >= 4 is 27.5 Å².